The standard InChI is InChI=1S/C16H18ClNO/c1-12(14-6-4-7-15(17)10-14)18-11-13-5-3-8-16(9-13)19-2/h3-10,12,18H,11H2,1-2H3/t12-/m0/s1. The molecule has 3 heteroatoms. The summed E-state index contributed by atoms with van der Waals surface area (Å²) < 4.78 is 5.22. The highest BCUT2D eigenvalue weighted by Gasteiger charge is 2.05. The third-order valence-electron chi connectivity index (χ3n) is 3.10. The average molecular weight is 276 g/mol. The van der Waals surface area contributed by atoms with Crippen LogP contribution in [0.4, 0.5) is 0 Å². The van der Waals surface area contributed by atoms with E-state index < -0.39 is 0 Å². The molecule has 19 heavy (non-hydrogen) atoms. The minimum absolute atomic E-state index is 0.255. The summed E-state index contributed by atoms with van der Waals surface area (Å²) in [6, 6.07) is 16.3. The normalized spacial score (nSPS) is 12.2. The SMILES string of the molecule is COc1cccc(CN[C@@H](C)c2cccc(Cl)c2)c1. The van der Waals surface area contributed by atoms with Crippen molar-refractivity contribution in [1.82, 2.24) is 5.32 Å². The average Bonchev–Trinajstić information content (AvgIpc) is 2.45. The van der Waals surface area contributed by atoms with Crippen LogP contribution in [-0.4, -0.2) is 7.11 Å². The summed E-state index contributed by atoms with van der Waals surface area (Å²) in [6.45, 7) is 2.93. The highest BCUT2D eigenvalue weighted by atomic mass is 35.5. The quantitative estimate of drug-likeness (QED) is 0.883. The number of nitrogens with one attached hydrogen (secondary N) is 1. The maximum atomic E-state index is 6.00. The molecule has 2 rings (SSSR count). The summed E-state index contributed by atoms with van der Waals surface area (Å²) in [5.41, 5.74) is 2.39. The lowest BCUT2D eigenvalue weighted by atomic mass is 10.1. The van der Waals surface area contributed by atoms with Crippen LogP contribution in [-0.2, 0) is 6.54 Å². The third-order valence-corrected chi connectivity index (χ3v) is 3.33. The van der Waals surface area contributed by atoms with Crippen LogP contribution in [0.15, 0.2) is 48.5 Å². The van der Waals surface area contributed by atoms with Gasteiger partial charge in [-0.1, -0.05) is 35.9 Å². The van der Waals surface area contributed by atoms with E-state index in [1.807, 2.05) is 36.4 Å². The number of hydrogen-bond acceptors (Lipinski definition) is 2. The van der Waals surface area contributed by atoms with E-state index in [-0.39, 0.29) is 6.04 Å². The van der Waals surface area contributed by atoms with Gasteiger partial charge in [0.2, 0.25) is 0 Å². The topological polar surface area (TPSA) is 21.3 Å². The molecule has 0 fully saturated rings. The minimum Gasteiger partial charge on any atom is -0.497 e. The van der Waals surface area contributed by atoms with Gasteiger partial charge in [0.05, 0.1) is 7.11 Å². The van der Waals surface area contributed by atoms with Gasteiger partial charge in [0.25, 0.3) is 0 Å². The summed E-state index contributed by atoms with van der Waals surface area (Å²) in [5.74, 6) is 0.884. The Labute approximate surface area is 119 Å². The van der Waals surface area contributed by atoms with Crippen LogP contribution in [0.25, 0.3) is 0 Å². The van der Waals surface area contributed by atoms with Crippen molar-refractivity contribution in [3.05, 3.63) is 64.7 Å². The monoisotopic (exact) mass is 275 g/mol. The first kappa shape index (κ1) is 13.9. The van der Waals surface area contributed by atoms with Crippen LogP contribution in [0.3, 0.4) is 0 Å². The molecule has 0 amide bonds. The molecule has 100 valence electrons. The zero-order valence-electron chi connectivity index (χ0n) is 11.2. The minimum atomic E-state index is 0.255. The van der Waals surface area contributed by atoms with Crippen molar-refractivity contribution in [2.45, 2.75) is 19.5 Å². The van der Waals surface area contributed by atoms with Gasteiger partial charge in [0.15, 0.2) is 0 Å². The maximum Gasteiger partial charge on any atom is 0.119 e. The number of benzene rings is 2. The van der Waals surface area contributed by atoms with Gasteiger partial charge in [-0.2, -0.15) is 0 Å². The molecule has 0 unspecified atom stereocenters. The molecule has 0 radical (unpaired) electrons. The molecule has 0 aromatic heterocycles. The molecule has 0 spiro atoms. The summed E-state index contributed by atoms with van der Waals surface area (Å²) >= 11 is 6.00. The Bertz CT molecular complexity index is 542. The summed E-state index contributed by atoms with van der Waals surface area (Å²) in [5, 5.41) is 4.25. The molecule has 0 aliphatic rings. The van der Waals surface area contributed by atoms with Crippen LogP contribution in [0.1, 0.15) is 24.1 Å². The van der Waals surface area contributed by atoms with Crippen molar-refractivity contribution in [3.63, 3.8) is 0 Å². The number of rotatable bonds is 5. The molecule has 2 aromatic rings. The van der Waals surface area contributed by atoms with E-state index >= 15 is 0 Å². The van der Waals surface area contributed by atoms with Crippen LogP contribution >= 0.6 is 11.6 Å². The Kier molecular flexibility index (Phi) is 4.83. The van der Waals surface area contributed by atoms with E-state index in [9.17, 15) is 0 Å². The van der Waals surface area contributed by atoms with Gasteiger partial charge in [-0.25, -0.2) is 0 Å². The van der Waals surface area contributed by atoms with Gasteiger partial charge in [0.1, 0.15) is 5.75 Å². The highest BCUT2D eigenvalue weighted by Crippen LogP contribution is 2.18. The van der Waals surface area contributed by atoms with Crippen molar-refractivity contribution in [2.24, 2.45) is 0 Å². The van der Waals surface area contributed by atoms with Gasteiger partial charge in [-0.05, 0) is 42.3 Å². The summed E-state index contributed by atoms with van der Waals surface area (Å²) in [6.07, 6.45) is 0. The fraction of sp³-hybridized carbons (Fsp3) is 0.250. The van der Waals surface area contributed by atoms with Crippen molar-refractivity contribution >= 4 is 11.6 Å². The molecule has 1 N–H and O–H groups in total. The Morgan fingerprint density at radius 1 is 1.16 bits per heavy atom. The highest BCUT2D eigenvalue weighted by molar-refractivity contribution is 6.30. The maximum absolute atomic E-state index is 6.00. The molecule has 2 nitrogen and oxygen atoms in total. The molecular weight excluding hydrogens is 258 g/mol. The molecule has 0 saturated carbocycles. The van der Waals surface area contributed by atoms with Crippen molar-refractivity contribution in [3.8, 4) is 5.75 Å². The molecular formula is C16H18ClNO. The molecule has 0 aliphatic carbocycles. The van der Waals surface area contributed by atoms with E-state index in [0.29, 0.717) is 0 Å². The number of ether oxygens (including phenoxy) is 1. The lowest BCUT2D eigenvalue weighted by Crippen LogP contribution is -2.18. The predicted molar refractivity (Wildman–Crippen MR) is 79.7 cm³/mol. The summed E-state index contributed by atoms with van der Waals surface area (Å²) in [4.78, 5) is 0. The second kappa shape index (κ2) is 6.60. The number of methoxy groups -OCH3 is 1. The van der Waals surface area contributed by atoms with Crippen molar-refractivity contribution in [1.29, 1.82) is 0 Å². The molecule has 0 saturated heterocycles. The fourth-order valence-electron chi connectivity index (χ4n) is 1.95. The molecule has 0 heterocycles. The van der Waals surface area contributed by atoms with Gasteiger partial charge >= 0.3 is 0 Å². The van der Waals surface area contributed by atoms with E-state index in [4.69, 9.17) is 16.3 Å². The van der Waals surface area contributed by atoms with E-state index in [1.54, 1.807) is 7.11 Å². The molecule has 0 bridgehead atoms. The zero-order valence-corrected chi connectivity index (χ0v) is 11.9. The smallest absolute Gasteiger partial charge is 0.119 e. The van der Waals surface area contributed by atoms with Gasteiger partial charge in [0, 0.05) is 17.6 Å². The largest absolute Gasteiger partial charge is 0.497 e. The molecule has 0 aliphatic heterocycles. The second-order valence-corrected chi connectivity index (χ2v) is 4.95. The summed E-state index contributed by atoms with van der Waals surface area (Å²) in [7, 11) is 1.68. The fourth-order valence-corrected chi connectivity index (χ4v) is 2.15. The van der Waals surface area contributed by atoms with Crippen molar-refractivity contribution < 1.29 is 4.74 Å². The van der Waals surface area contributed by atoms with E-state index in [2.05, 4.69) is 24.4 Å². The van der Waals surface area contributed by atoms with Crippen LogP contribution in [0.2, 0.25) is 5.02 Å². The first-order chi connectivity index (χ1) is 9.19. The van der Waals surface area contributed by atoms with E-state index in [0.717, 1.165) is 17.3 Å². The zero-order chi connectivity index (χ0) is 13.7. The third kappa shape index (κ3) is 3.98. The molecule has 1 atom stereocenters. The van der Waals surface area contributed by atoms with E-state index in [1.165, 1.54) is 11.1 Å². The number of halogens is 1. The number of hydrogen-bond donors (Lipinski definition) is 1. The predicted octanol–water partition coefficient (Wildman–Crippen LogP) is 4.20. The Hall–Kier alpha value is -1.51. The van der Waals surface area contributed by atoms with Gasteiger partial charge < -0.3 is 10.1 Å². The molecule has 2 aromatic carbocycles. The Balaban J connectivity index is 1.98. The lowest BCUT2D eigenvalue weighted by molar-refractivity contribution is 0.414. The van der Waals surface area contributed by atoms with Gasteiger partial charge in [-0.3, -0.25) is 0 Å². The Morgan fingerprint density at radius 3 is 2.68 bits per heavy atom. The first-order valence-corrected chi connectivity index (χ1v) is 6.68. The first-order valence-electron chi connectivity index (χ1n) is 6.31. The lowest BCUT2D eigenvalue weighted by Gasteiger charge is -2.15. The van der Waals surface area contributed by atoms with Crippen molar-refractivity contribution in [2.75, 3.05) is 7.11 Å². The van der Waals surface area contributed by atoms with Crippen LogP contribution in [0, 0.1) is 0 Å². The van der Waals surface area contributed by atoms with Crippen LogP contribution in [0.5, 0.6) is 5.75 Å². The second-order valence-electron chi connectivity index (χ2n) is 4.51. The van der Waals surface area contributed by atoms with Gasteiger partial charge in [-0.15, -0.1) is 0 Å². The van der Waals surface area contributed by atoms with Crippen LogP contribution < -0.4 is 10.1 Å². The Morgan fingerprint density at radius 2 is 1.95 bits per heavy atom.